The number of halogens is 1. The zero-order chi connectivity index (χ0) is 16.1. The van der Waals surface area contributed by atoms with Gasteiger partial charge < -0.3 is 4.90 Å². The SMILES string of the molecule is O=C(c1ccc(Cl)cc1)[C@H](CN1CCCCC1)c1ccccc1. The summed E-state index contributed by atoms with van der Waals surface area (Å²) in [5.41, 5.74) is 1.83. The molecule has 0 unspecified atom stereocenters. The van der Waals surface area contributed by atoms with Crippen LogP contribution in [0.4, 0.5) is 0 Å². The molecule has 0 radical (unpaired) electrons. The van der Waals surface area contributed by atoms with E-state index in [0.29, 0.717) is 5.02 Å². The molecule has 1 aliphatic heterocycles. The summed E-state index contributed by atoms with van der Waals surface area (Å²) in [5, 5.41) is 0.661. The lowest BCUT2D eigenvalue weighted by Gasteiger charge is -2.30. The van der Waals surface area contributed by atoms with Gasteiger partial charge in [0.1, 0.15) is 0 Å². The fourth-order valence-electron chi connectivity index (χ4n) is 3.24. The monoisotopic (exact) mass is 327 g/mol. The van der Waals surface area contributed by atoms with E-state index in [2.05, 4.69) is 17.0 Å². The number of carbonyl (C=O) groups is 1. The Hall–Kier alpha value is -1.64. The van der Waals surface area contributed by atoms with E-state index in [1.807, 2.05) is 30.3 Å². The summed E-state index contributed by atoms with van der Waals surface area (Å²) in [7, 11) is 0. The Morgan fingerprint density at radius 1 is 0.957 bits per heavy atom. The van der Waals surface area contributed by atoms with Crippen molar-refractivity contribution in [3.8, 4) is 0 Å². The average molecular weight is 328 g/mol. The van der Waals surface area contributed by atoms with E-state index in [4.69, 9.17) is 11.6 Å². The number of rotatable bonds is 5. The van der Waals surface area contributed by atoms with Crippen LogP contribution in [0.15, 0.2) is 54.6 Å². The van der Waals surface area contributed by atoms with Crippen molar-refractivity contribution in [1.82, 2.24) is 4.90 Å². The lowest BCUT2D eigenvalue weighted by molar-refractivity contribution is 0.0925. The third-order valence-electron chi connectivity index (χ3n) is 4.54. The van der Waals surface area contributed by atoms with Gasteiger partial charge in [0, 0.05) is 17.1 Å². The number of Topliss-reactive ketones (excluding diaryl/α,β-unsaturated/α-hetero) is 1. The van der Waals surface area contributed by atoms with Crippen molar-refractivity contribution in [3.05, 3.63) is 70.7 Å². The van der Waals surface area contributed by atoms with E-state index >= 15 is 0 Å². The number of likely N-dealkylation sites (tertiary alicyclic amines) is 1. The van der Waals surface area contributed by atoms with Gasteiger partial charge in [-0.3, -0.25) is 4.79 Å². The standard InChI is InChI=1S/C20H22ClNO/c21-18-11-9-17(10-12-18)20(23)19(16-7-3-1-4-8-16)15-22-13-5-2-6-14-22/h1,3-4,7-12,19H,2,5-6,13-15H2/t19-/m1/s1. The van der Waals surface area contributed by atoms with E-state index in [1.165, 1.54) is 19.3 Å². The smallest absolute Gasteiger partial charge is 0.171 e. The Balaban J connectivity index is 1.84. The lowest BCUT2D eigenvalue weighted by atomic mass is 9.89. The van der Waals surface area contributed by atoms with Gasteiger partial charge in [-0.25, -0.2) is 0 Å². The topological polar surface area (TPSA) is 20.3 Å². The van der Waals surface area contributed by atoms with E-state index in [0.717, 1.165) is 30.8 Å². The first-order chi connectivity index (χ1) is 11.2. The van der Waals surface area contributed by atoms with Crippen molar-refractivity contribution in [1.29, 1.82) is 0 Å². The fourth-order valence-corrected chi connectivity index (χ4v) is 3.37. The van der Waals surface area contributed by atoms with Gasteiger partial charge in [-0.15, -0.1) is 0 Å². The van der Waals surface area contributed by atoms with Crippen LogP contribution >= 0.6 is 11.6 Å². The van der Waals surface area contributed by atoms with Gasteiger partial charge in [0.15, 0.2) is 5.78 Å². The Morgan fingerprint density at radius 3 is 2.26 bits per heavy atom. The maximum atomic E-state index is 13.1. The van der Waals surface area contributed by atoms with Crippen LogP contribution in [0, 0.1) is 0 Å². The lowest BCUT2D eigenvalue weighted by Crippen LogP contribution is -2.35. The second-order valence-corrected chi connectivity index (χ2v) is 6.63. The molecule has 2 aromatic carbocycles. The third-order valence-corrected chi connectivity index (χ3v) is 4.79. The Kier molecular flexibility index (Phi) is 5.47. The van der Waals surface area contributed by atoms with Gasteiger partial charge in [-0.1, -0.05) is 48.4 Å². The van der Waals surface area contributed by atoms with Crippen molar-refractivity contribution < 1.29 is 4.79 Å². The molecular formula is C20H22ClNO. The number of piperidine rings is 1. The van der Waals surface area contributed by atoms with Crippen LogP contribution in [-0.4, -0.2) is 30.3 Å². The van der Waals surface area contributed by atoms with E-state index < -0.39 is 0 Å². The highest BCUT2D eigenvalue weighted by atomic mass is 35.5. The maximum Gasteiger partial charge on any atom is 0.171 e. The summed E-state index contributed by atoms with van der Waals surface area (Å²) in [6.07, 6.45) is 3.77. The molecule has 0 amide bonds. The molecule has 0 aromatic heterocycles. The van der Waals surface area contributed by atoms with Crippen molar-refractivity contribution in [2.45, 2.75) is 25.2 Å². The minimum Gasteiger partial charge on any atom is -0.302 e. The normalized spacial score (nSPS) is 16.9. The van der Waals surface area contributed by atoms with E-state index in [1.54, 1.807) is 12.1 Å². The number of carbonyl (C=O) groups excluding carboxylic acids is 1. The van der Waals surface area contributed by atoms with Crippen LogP contribution in [-0.2, 0) is 0 Å². The molecule has 3 rings (SSSR count). The van der Waals surface area contributed by atoms with Crippen molar-refractivity contribution in [2.75, 3.05) is 19.6 Å². The molecule has 3 heteroatoms. The van der Waals surface area contributed by atoms with Crippen molar-refractivity contribution >= 4 is 17.4 Å². The Labute approximate surface area is 143 Å². The maximum absolute atomic E-state index is 13.1. The van der Waals surface area contributed by atoms with Crippen LogP contribution in [0.25, 0.3) is 0 Å². The minimum absolute atomic E-state index is 0.115. The molecule has 2 nitrogen and oxygen atoms in total. The molecule has 1 fully saturated rings. The zero-order valence-electron chi connectivity index (χ0n) is 13.2. The first kappa shape index (κ1) is 16.2. The molecule has 0 N–H and O–H groups in total. The van der Waals surface area contributed by atoms with E-state index in [9.17, 15) is 4.79 Å². The molecular weight excluding hydrogens is 306 g/mol. The molecule has 0 spiro atoms. The molecule has 1 saturated heterocycles. The van der Waals surface area contributed by atoms with Gasteiger partial charge in [-0.2, -0.15) is 0 Å². The van der Waals surface area contributed by atoms with Crippen LogP contribution in [0.1, 0.15) is 41.1 Å². The van der Waals surface area contributed by atoms with Gasteiger partial charge >= 0.3 is 0 Å². The molecule has 1 heterocycles. The molecule has 0 aliphatic carbocycles. The highest BCUT2D eigenvalue weighted by Gasteiger charge is 2.25. The van der Waals surface area contributed by atoms with Gasteiger partial charge in [0.25, 0.3) is 0 Å². The van der Waals surface area contributed by atoms with Crippen molar-refractivity contribution in [2.24, 2.45) is 0 Å². The molecule has 2 aromatic rings. The summed E-state index contributed by atoms with van der Waals surface area (Å²) in [5.74, 6) is 0.0638. The summed E-state index contributed by atoms with van der Waals surface area (Å²) in [6.45, 7) is 2.99. The molecule has 1 aliphatic rings. The van der Waals surface area contributed by atoms with Crippen LogP contribution in [0.2, 0.25) is 5.02 Å². The van der Waals surface area contributed by atoms with Gasteiger partial charge in [0.05, 0.1) is 5.92 Å². The summed E-state index contributed by atoms with van der Waals surface area (Å²) >= 11 is 5.95. The first-order valence-corrected chi connectivity index (χ1v) is 8.69. The first-order valence-electron chi connectivity index (χ1n) is 8.31. The van der Waals surface area contributed by atoms with Crippen LogP contribution in [0.5, 0.6) is 0 Å². The predicted octanol–water partition coefficient (Wildman–Crippen LogP) is 4.79. The average Bonchev–Trinajstić information content (AvgIpc) is 2.61. The zero-order valence-corrected chi connectivity index (χ0v) is 14.0. The van der Waals surface area contributed by atoms with Crippen LogP contribution < -0.4 is 0 Å². The second-order valence-electron chi connectivity index (χ2n) is 6.20. The quantitative estimate of drug-likeness (QED) is 0.736. The van der Waals surface area contributed by atoms with E-state index in [-0.39, 0.29) is 11.7 Å². The molecule has 23 heavy (non-hydrogen) atoms. The molecule has 120 valence electrons. The minimum atomic E-state index is -0.115. The number of benzene rings is 2. The summed E-state index contributed by atoms with van der Waals surface area (Å²) in [4.78, 5) is 15.5. The largest absolute Gasteiger partial charge is 0.302 e. The van der Waals surface area contributed by atoms with Gasteiger partial charge in [-0.05, 0) is 55.8 Å². The Morgan fingerprint density at radius 2 is 1.61 bits per heavy atom. The fraction of sp³-hybridized carbons (Fsp3) is 0.350. The Bertz CT molecular complexity index is 632. The molecule has 1 atom stereocenters. The highest BCUT2D eigenvalue weighted by molar-refractivity contribution is 6.30. The van der Waals surface area contributed by atoms with Crippen LogP contribution in [0.3, 0.4) is 0 Å². The van der Waals surface area contributed by atoms with Crippen molar-refractivity contribution in [3.63, 3.8) is 0 Å². The number of hydrogen-bond donors (Lipinski definition) is 0. The summed E-state index contributed by atoms with van der Waals surface area (Å²) < 4.78 is 0. The third kappa shape index (κ3) is 4.21. The molecule has 0 saturated carbocycles. The second kappa shape index (κ2) is 7.76. The number of hydrogen-bond acceptors (Lipinski definition) is 2. The molecule has 0 bridgehead atoms. The van der Waals surface area contributed by atoms with Gasteiger partial charge in [0.2, 0.25) is 0 Å². The predicted molar refractivity (Wildman–Crippen MR) is 95.3 cm³/mol. The highest BCUT2D eigenvalue weighted by Crippen LogP contribution is 2.24. The number of ketones is 1. The summed E-state index contributed by atoms with van der Waals surface area (Å²) in [6, 6.07) is 17.4. The number of nitrogens with zero attached hydrogens (tertiary/aromatic N) is 1.